The molecule has 0 saturated carbocycles. The van der Waals surface area contributed by atoms with Gasteiger partial charge in [0.2, 0.25) is 0 Å². The van der Waals surface area contributed by atoms with Crippen molar-refractivity contribution < 1.29 is 9.13 Å². The minimum Gasteiger partial charge on any atom is -0.497 e. The normalized spacial score (nSPS) is 12.0. The van der Waals surface area contributed by atoms with Crippen LogP contribution in [-0.4, -0.2) is 13.2 Å². The second-order valence-corrected chi connectivity index (χ2v) is 5.06. The van der Waals surface area contributed by atoms with Gasteiger partial charge in [-0.15, -0.1) is 0 Å². The van der Waals surface area contributed by atoms with Crippen LogP contribution in [-0.2, 0) is 6.42 Å². The molecule has 0 heterocycles. The van der Waals surface area contributed by atoms with Crippen molar-refractivity contribution in [3.8, 4) is 5.75 Å². The van der Waals surface area contributed by atoms with Gasteiger partial charge in [0.05, 0.1) is 7.11 Å². The highest BCUT2D eigenvalue weighted by molar-refractivity contribution is 5.47. The van der Waals surface area contributed by atoms with Crippen molar-refractivity contribution in [1.82, 2.24) is 0 Å². The Morgan fingerprint density at radius 3 is 2.45 bits per heavy atom. The average molecular weight is 273 g/mol. The maximum atomic E-state index is 13.2. The van der Waals surface area contributed by atoms with Gasteiger partial charge in [-0.1, -0.05) is 12.1 Å². The van der Waals surface area contributed by atoms with Crippen molar-refractivity contribution in [3.63, 3.8) is 0 Å². The predicted octanol–water partition coefficient (Wildman–Crippen LogP) is 4.19. The standard InChI is InChI=1S/C17H20FNO/c1-12-10-15(6-9-17(12)18)19-13(2)11-14-4-7-16(20-3)8-5-14/h4-10,13,19H,11H2,1-3H3. The summed E-state index contributed by atoms with van der Waals surface area (Å²) in [6.45, 7) is 3.89. The second-order valence-electron chi connectivity index (χ2n) is 5.06. The number of benzene rings is 2. The van der Waals surface area contributed by atoms with Crippen LogP contribution in [0.5, 0.6) is 5.75 Å². The first-order chi connectivity index (χ1) is 9.58. The van der Waals surface area contributed by atoms with Crippen LogP contribution < -0.4 is 10.1 Å². The van der Waals surface area contributed by atoms with Gasteiger partial charge >= 0.3 is 0 Å². The van der Waals surface area contributed by atoms with E-state index in [0.29, 0.717) is 5.56 Å². The fraction of sp³-hybridized carbons (Fsp3) is 0.294. The highest BCUT2D eigenvalue weighted by atomic mass is 19.1. The summed E-state index contributed by atoms with van der Waals surface area (Å²) in [5.41, 5.74) is 2.85. The van der Waals surface area contributed by atoms with E-state index < -0.39 is 0 Å². The molecule has 20 heavy (non-hydrogen) atoms. The Bertz CT molecular complexity index is 566. The monoisotopic (exact) mass is 273 g/mol. The average Bonchev–Trinajstić information content (AvgIpc) is 2.44. The van der Waals surface area contributed by atoms with Crippen LogP contribution in [0.1, 0.15) is 18.1 Å². The molecule has 2 nitrogen and oxygen atoms in total. The number of hydrogen-bond donors (Lipinski definition) is 1. The van der Waals surface area contributed by atoms with Crippen LogP contribution in [0.4, 0.5) is 10.1 Å². The number of halogens is 1. The Balaban J connectivity index is 1.97. The fourth-order valence-corrected chi connectivity index (χ4v) is 2.19. The molecule has 0 aliphatic carbocycles. The number of anilines is 1. The molecule has 0 saturated heterocycles. The number of nitrogens with one attached hydrogen (secondary N) is 1. The zero-order valence-electron chi connectivity index (χ0n) is 12.1. The summed E-state index contributed by atoms with van der Waals surface area (Å²) in [6.07, 6.45) is 0.903. The van der Waals surface area contributed by atoms with Gasteiger partial charge < -0.3 is 10.1 Å². The van der Waals surface area contributed by atoms with E-state index in [-0.39, 0.29) is 11.9 Å². The molecule has 0 aliphatic heterocycles. The van der Waals surface area contributed by atoms with E-state index >= 15 is 0 Å². The lowest BCUT2D eigenvalue weighted by atomic mass is 10.1. The van der Waals surface area contributed by atoms with Crippen molar-refractivity contribution >= 4 is 5.69 Å². The topological polar surface area (TPSA) is 21.3 Å². The summed E-state index contributed by atoms with van der Waals surface area (Å²) < 4.78 is 18.4. The molecule has 2 rings (SSSR count). The van der Waals surface area contributed by atoms with E-state index in [9.17, 15) is 4.39 Å². The quantitative estimate of drug-likeness (QED) is 0.882. The highest BCUT2D eigenvalue weighted by Gasteiger charge is 2.05. The molecule has 0 amide bonds. The maximum absolute atomic E-state index is 13.2. The number of ether oxygens (including phenoxy) is 1. The lowest BCUT2D eigenvalue weighted by molar-refractivity contribution is 0.414. The first-order valence-electron chi connectivity index (χ1n) is 6.74. The van der Waals surface area contributed by atoms with Crippen LogP contribution in [0.25, 0.3) is 0 Å². The van der Waals surface area contributed by atoms with Gasteiger partial charge in [0.1, 0.15) is 11.6 Å². The summed E-state index contributed by atoms with van der Waals surface area (Å²) in [7, 11) is 1.66. The Labute approximate surface area is 119 Å². The molecule has 0 bridgehead atoms. The van der Waals surface area contributed by atoms with Gasteiger partial charge in [-0.05, 0) is 61.7 Å². The largest absolute Gasteiger partial charge is 0.497 e. The Morgan fingerprint density at radius 1 is 1.15 bits per heavy atom. The van der Waals surface area contributed by atoms with Crippen LogP contribution in [0.3, 0.4) is 0 Å². The molecule has 2 aromatic rings. The molecule has 0 spiro atoms. The zero-order chi connectivity index (χ0) is 14.5. The zero-order valence-corrected chi connectivity index (χ0v) is 12.1. The molecular formula is C17H20FNO. The van der Waals surface area contributed by atoms with Gasteiger partial charge in [0.15, 0.2) is 0 Å². The summed E-state index contributed by atoms with van der Waals surface area (Å²) in [5, 5.41) is 3.39. The minimum absolute atomic E-state index is 0.168. The van der Waals surface area contributed by atoms with E-state index in [1.54, 1.807) is 20.1 Å². The van der Waals surface area contributed by atoms with E-state index in [1.165, 1.54) is 11.6 Å². The molecule has 1 atom stereocenters. The number of rotatable bonds is 5. The Kier molecular flexibility index (Phi) is 4.61. The number of methoxy groups -OCH3 is 1. The van der Waals surface area contributed by atoms with Gasteiger partial charge in [-0.3, -0.25) is 0 Å². The Hall–Kier alpha value is -2.03. The first kappa shape index (κ1) is 14.4. The molecule has 0 radical (unpaired) electrons. The molecule has 0 aliphatic rings. The minimum atomic E-state index is -0.168. The van der Waals surface area contributed by atoms with Crippen molar-refractivity contribution in [1.29, 1.82) is 0 Å². The SMILES string of the molecule is COc1ccc(CC(C)Nc2ccc(F)c(C)c2)cc1. The predicted molar refractivity (Wildman–Crippen MR) is 80.9 cm³/mol. The molecule has 3 heteroatoms. The fourth-order valence-electron chi connectivity index (χ4n) is 2.19. The molecule has 0 fully saturated rings. The van der Waals surface area contributed by atoms with Gasteiger partial charge in [0.25, 0.3) is 0 Å². The van der Waals surface area contributed by atoms with Gasteiger partial charge in [-0.2, -0.15) is 0 Å². The van der Waals surface area contributed by atoms with E-state index in [1.807, 2.05) is 18.2 Å². The van der Waals surface area contributed by atoms with Crippen LogP contribution in [0, 0.1) is 12.7 Å². The van der Waals surface area contributed by atoms with Crippen molar-refractivity contribution in [2.75, 3.05) is 12.4 Å². The van der Waals surface area contributed by atoms with Crippen molar-refractivity contribution in [3.05, 3.63) is 59.4 Å². The third-order valence-corrected chi connectivity index (χ3v) is 3.27. The number of hydrogen-bond acceptors (Lipinski definition) is 2. The molecule has 1 N–H and O–H groups in total. The maximum Gasteiger partial charge on any atom is 0.126 e. The second kappa shape index (κ2) is 6.42. The lowest BCUT2D eigenvalue weighted by Crippen LogP contribution is -2.18. The van der Waals surface area contributed by atoms with Gasteiger partial charge in [-0.25, -0.2) is 4.39 Å². The number of aryl methyl sites for hydroxylation is 1. The summed E-state index contributed by atoms with van der Waals surface area (Å²) >= 11 is 0. The first-order valence-corrected chi connectivity index (χ1v) is 6.74. The summed E-state index contributed by atoms with van der Waals surface area (Å²) in [4.78, 5) is 0. The third kappa shape index (κ3) is 3.73. The van der Waals surface area contributed by atoms with Gasteiger partial charge in [0, 0.05) is 11.7 Å². The molecule has 106 valence electrons. The van der Waals surface area contributed by atoms with E-state index in [2.05, 4.69) is 24.4 Å². The van der Waals surface area contributed by atoms with Crippen LogP contribution in [0.15, 0.2) is 42.5 Å². The van der Waals surface area contributed by atoms with Crippen LogP contribution >= 0.6 is 0 Å². The molecule has 2 aromatic carbocycles. The smallest absolute Gasteiger partial charge is 0.126 e. The van der Waals surface area contributed by atoms with Crippen LogP contribution in [0.2, 0.25) is 0 Å². The molecular weight excluding hydrogens is 253 g/mol. The molecule has 1 unspecified atom stereocenters. The van der Waals surface area contributed by atoms with Crippen molar-refractivity contribution in [2.45, 2.75) is 26.3 Å². The summed E-state index contributed by atoms with van der Waals surface area (Å²) in [6, 6.07) is 13.4. The van der Waals surface area contributed by atoms with E-state index in [4.69, 9.17) is 4.74 Å². The Morgan fingerprint density at radius 2 is 1.85 bits per heavy atom. The third-order valence-electron chi connectivity index (χ3n) is 3.27. The van der Waals surface area contributed by atoms with E-state index in [0.717, 1.165) is 17.9 Å². The van der Waals surface area contributed by atoms with Crippen molar-refractivity contribution in [2.24, 2.45) is 0 Å². The highest BCUT2D eigenvalue weighted by Crippen LogP contribution is 2.17. The summed E-state index contributed by atoms with van der Waals surface area (Å²) in [5.74, 6) is 0.696. The lowest BCUT2D eigenvalue weighted by Gasteiger charge is -2.16. The molecule has 0 aromatic heterocycles.